The highest BCUT2D eigenvalue weighted by Gasteiger charge is 2.12. The van der Waals surface area contributed by atoms with Crippen molar-refractivity contribution >= 4 is 11.7 Å². The lowest BCUT2D eigenvalue weighted by Gasteiger charge is -2.09. The molecule has 2 aromatic rings. The van der Waals surface area contributed by atoms with E-state index in [2.05, 4.69) is 13.7 Å². The van der Waals surface area contributed by atoms with Crippen molar-refractivity contribution in [3.05, 3.63) is 35.9 Å². The molecular weight excluding hydrogens is 212 g/mol. The largest absolute Gasteiger partial charge is 0.495 e. The molecule has 0 bridgehead atoms. The normalized spacial score (nSPS) is 12.4. The molecule has 0 spiro atoms. The van der Waals surface area contributed by atoms with E-state index in [4.69, 9.17) is 10.5 Å². The van der Waals surface area contributed by atoms with Gasteiger partial charge < -0.3 is 10.5 Å². The molecule has 2 rings (SSSR count). The third-order valence-electron chi connectivity index (χ3n) is 2.03. The molecule has 0 aliphatic rings. The Morgan fingerprint density at radius 2 is 2.27 bits per heavy atom. The number of methoxy groups -OCH3 is 1. The molecule has 2 N–H and O–H groups in total. The molecule has 78 valence electrons. The van der Waals surface area contributed by atoms with Crippen molar-refractivity contribution < 1.29 is 4.74 Å². The molecule has 6 heteroatoms. The molecule has 0 radical (unpaired) electrons. The van der Waals surface area contributed by atoms with Crippen molar-refractivity contribution in [1.29, 1.82) is 0 Å². The number of aromatic nitrogens is 3. The summed E-state index contributed by atoms with van der Waals surface area (Å²) in [4.78, 5) is 4.04. The zero-order chi connectivity index (χ0) is 10.7. The highest BCUT2D eigenvalue weighted by molar-refractivity contribution is 6.99. The third-order valence-corrected chi connectivity index (χ3v) is 2.52. The van der Waals surface area contributed by atoms with Gasteiger partial charge in [0, 0.05) is 6.20 Å². The molecule has 1 atom stereocenters. The number of nitrogens with zero attached hydrogens (tertiary/aromatic N) is 3. The highest BCUT2D eigenvalue weighted by atomic mass is 32.1. The zero-order valence-corrected chi connectivity index (χ0v) is 8.94. The predicted octanol–water partition coefficient (Wildman–Crippen LogP) is 0.990. The minimum atomic E-state index is -0.300. The monoisotopic (exact) mass is 222 g/mol. The van der Waals surface area contributed by atoms with Crippen LogP contribution in [0.3, 0.4) is 0 Å². The van der Waals surface area contributed by atoms with Crippen LogP contribution in [0.4, 0.5) is 0 Å². The zero-order valence-electron chi connectivity index (χ0n) is 8.12. The third kappa shape index (κ3) is 2.11. The predicted molar refractivity (Wildman–Crippen MR) is 56.7 cm³/mol. The van der Waals surface area contributed by atoms with Crippen molar-refractivity contribution in [1.82, 2.24) is 13.7 Å². The molecule has 5 nitrogen and oxygen atoms in total. The van der Waals surface area contributed by atoms with Gasteiger partial charge in [0.15, 0.2) is 0 Å². The minimum Gasteiger partial charge on any atom is -0.495 e. The summed E-state index contributed by atoms with van der Waals surface area (Å²) >= 11 is 1.14. The van der Waals surface area contributed by atoms with Gasteiger partial charge in [-0.05, 0) is 11.6 Å². The van der Waals surface area contributed by atoms with E-state index in [0.717, 1.165) is 23.0 Å². The van der Waals surface area contributed by atoms with Gasteiger partial charge in [0.2, 0.25) is 0 Å². The molecule has 0 aliphatic heterocycles. The maximum Gasteiger partial charge on any atom is 0.137 e. The molecule has 0 saturated heterocycles. The SMILES string of the molecule is COc1cncc(C(N)c2cnsn2)c1. The molecule has 2 heterocycles. The highest BCUT2D eigenvalue weighted by Crippen LogP contribution is 2.20. The first-order chi connectivity index (χ1) is 7.31. The molecule has 1 unspecified atom stereocenters. The lowest BCUT2D eigenvalue weighted by Crippen LogP contribution is -2.12. The van der Waals surface area contributed by atoms with Crippen molar-refractivity contribution in [2.24, 2.45) is 5.73 Å². The molecule has 0 amide bonds. The first-order valence-corrected chi connectivity index (χ1v) is 5.06. The van der Waals surface area contributed by atoms with E-state index in [9.17, 15) is 0 Å². The number of hydrogen-bond donors (Lipinski definition) is 1. The topological polar surface area (TPSA) is 73.9 Å². The van der Waals surface area contributed by atoms with Gasteiger partial charge in [-0.1, -0.05) is 0 Å². The Morgan fingerprint density at radius 1 is 1.40 bits per heavy atom. The maximum absolute atomic E-state index is 5.99. The summed E-state index contributed by atoms with van der Waals surface area (Å²) in [6.07, 6.45) is 5.00. The molecule has 0 saturated carbocycles. The van der Waals surface area contributed by atoms with Crippen molar-refractivity contribution in [2.45, 2.75) is 6.04 Å². The summed E-state index contributed by atoms with van der Waals surface area (Å²) < 4.78 is 13.1. The van der Waals surface area contributed by atoms with E-state index in [0.29, 0.717) is 5.75 Å². The first kappa shape index (κ1) is 10.0. The van der Waals surface area contributed by atoms with Gasteiger partial charge in [-0.25, -0.2) is 0 Å². The Balaban J connectivity index is 2.29. The Hall–Kier alpha value is -1.53. The van der Waals surface area contributed by atoms with E-state index >= 15 is 0 Å². The van der Waals surface area contributed by atoms with Crippen LogP contribution in [0, 0.1) is 0 Å². The van der Waals surface area contributed by atoms with Gasteiger partial charge in [-0.15, -0.1) is 0 Å². The second-order valence-electron chi connectivity index (χ2n) is 2.97. The molecule has 0 aliphatic carbocycles. The molecular formula is C9H10N4OS. The second kappa shape index (κ2) is 4.33. The van der Waals surface area contributed by atoms with E-state index in [1.54, 1.807) is 25.7 Å². The quantitative estimate of drug-likeness (QED) is 0.838. The number of ether oxygens (including phenoxy) is 1. The standard InChI is InChI=1S/C9H10N4OS/c1-14-7-2-6(3-11-4-7)9(10)8-5-12-15-13-8/h2-5,9H,10H2,1H3. The van der Waals surface area contributed by atoms with Crippen LogP contribution in [0.2, 0.25) is 0 Å². The van der Waals surface area contributed by atoms with Crippen LogP contribution in [0.5, 0.6) is 5.75 Å². The smallest absolute Gasteiger partial charge is 0.137 e. The Morgan fingerprint density at radius 3 is 2.93 bits per heavy atom. The number of pyridine rings is 1. The van der Waals surface area contributed by atoms with Crippen LogP contribution in [-0.2, 0) is 0 Å². The van der Waals surface area contributed by atoms with Crippen LogP contribution in [0.25, 0.3) is 0 Å². The van der Waals surface area contributed by atoms with Crippen LogP contribution in [0.15, 0.2) is 24.7 Å². The van der Waals surface area contributed by atoms with Crippen LogP contribution < -0.4 is 10.5 Å². The average molecular weight is 222 g/mol. The summed E-state index contributed by atoms with van der Waals surface area (Å²) in [5.74, 6) is 0.686. The van der Waals surface area contributed by atoms with Crippen LogP contribution in [0.1, 0.15) is 17.3 Å². The van der Waals surface area contributed by atoms with Crippen LogP contribution >= 0.6 is 11.7 Å². The van der Waals surface area contributed by atoms with Crippen molar-refractivity contribution in [3.8, 4) is 5.75 Å². The van der Waals surface area contributed by atoms with Crippen molar-refractivity contribution in [3.63, 3.8) is 0 Å². The number of rotatable bonds is 3. The lowest BCUT2D eigenvalue weighted by atomic mass is 10.1. The van der Waals surface area contributed by atoms with Gasteiger partial charge in [-0.2, -0.15) is 8.75 Å². The number of nitrogens with two attached hydrogens (primary N) is 1. The summed E-state index contributed by atoms with van der Waals surface area (Å²) in [5, 5.41) is 0. The van der Waals surface area contributed by atoms with E-state index in [-0.39, 0.29) is 6.04 Å². The van der Waals surface area contributed by atoms with Gasteiger partial charge in [0.1, 0.15) is 5.75 Å². The lowest BCUT2D eigenvalue weighted by molar-refractivity contribution is 0.412. The summed E-state index contributed by atoms with van der Waals surface area (Å²) in [7, 11) is 1.59. The average Bonchev–Trinajstić information content (AvgIpc) is 2.81. The van der Waals surface area contributed by atoms with Gasteiger partial charge in [0.05, 0.1) is 43.0 Å². The molecule has 0 aromatic carbocycles. The van der Waals surface area contributed by atoms with Crippen molar-refractivity contribution in [2.75, 3.05) is 7.11 Å². The fraction of sp³-hybridized carbons (Fsp3) is 0.222. The fourth-order valence-electron chi connectivity index (χ4n) is 1.20. The maximum atomic E-state index is 5.99. The summed E-state index contributed by atoms with van der Waals surface area (Å²) in [5.41, 5.74) is 7.60. The number of hydrogen-bond acceptors (Lipinski definition) is 6. The van der Waals surface area contributed by atoms with Crippen LogP contribution in [-0.4, -0.2) is 20.8 Å². The summed E-state index contributed by atoms with van der Waals surface area (Å²) in [6, 6.07) is 1.54. The Kier molecular flexibility index (Phi) is 2.89. The van der Waals surface area contributed by atoms with Gasteiger partial charge in [0.25, 0.3) is 0 Å². The van der Waals surface area contributed by atoms with E-state index < -0.39 is 0 Å². The molecule has 2 aromatic heterocycles. The molecule has 0 fully saturated rings. The van der Waals surface area contributed by atoms with Gasteiger partial charge in [-0.3, -0.25) is 4.98 Å². The van der Waals surface area contributed by atoms with E-state index in [1.807, 2.05) is 6.07 Å². The second-order valence-corrected chi connectivity index (χ2v) is 3.52. The molecule has 15 heavy (non-hydrogen) atoms. The summed E-state index contributed by atoms with van der Waals surface area (Å²) in [6.45, 7) is 0. The minimum absolute atomic E-state index is 0.300. The van der Waals surface area contributed by atoms with Gasteiger partial charge >= 0.3 is 0 Å². The first-order valence-electron chi connectivity index (χ1n) is 4.33. The Labute approximate surface area is 91.3 Å². The fourth-order valence-corrected chi connectivity index (χ4v) is 1.65. The Bertz CT molecular complexity index is 431. The van der Waals surface area contributed by atoms with E-state index in [1.165, 1.54) is 0 Å².